The minimum atomic E-state index is -0.115. The van der Waals surface area contributed by atoms with Gasteiger partial charge in [-0.15, -0.1) is 10.2 Å². The largest absolute Gasteiger partial charge is 0.419 e. The molecule has 0 saturated heterocycles. The van der Waals surface area contributed by atoms with E-state index in [-0.39, 0.29) is 12.1 Å². The van der Waals surface area contributed by atoms with E-state index in [1.165, 1.54) is 0 Å². The number of aliphatic hydroxyl groups excluding tert-OH is 1. The van der Waals surface area contributed by atoms with E-state index >= 15 is 0 Å². The molecule has 2 N–H and O–H groups in total. The Morgan fingerprint density at radius 2 is 2.00 bits per heavy atom. The van der Waals surface area contributed by atoms with Crippen molar-refractivity contribution in [3.05, 3.63) is 36.2 Å². The van der Waals surface area contributed by atoms with Gasteiger partial charge in [-0.2, -0.15) is 0 Å². The third-order valence-corrected chi connectivity index (χ3v) is 3.60. The van der Waals surface area contributed by atoms with Crippen LogP contribution in [0.15, 0.2) is 34.7 Å². The van der Waals surface area contributed by atoms with Crippen LogP contribution >= 0.6 is 0 Å². The maximum atomic E-state index is 9.09. The standard InChI is InChI=1S/C15H21N3O2/c1-3-15(2,9-10-19)16-11-13-17-18-14(20-13)12-7-5-4-6-8-12/h4-8,16,19H,3,9-11H2,1-2H3. The van der Waals surface area contributed by atoms with Crippen molar-refractivity contribution >= 4 is 0 Å². The Bertz CT molecular complexity index is 527. The van der Waals surface area contributed by atoms with Crippen LogP contribution in [0.2, 0.25) is 0 Å². The first-order valence-corrected chi connectivity index (χ1v) is 6.90. The van der Waals surface area contributed by atoms with Gasteiger partial charge >= 0.3 is 0 Å². The zero-order chi connectivity index (χ0) is 14.4. The van der Waals surface area contributed by atoms with Gasteiger partial charge in [-0.25, -0.2) is 0 Å². The fourth-order valence-electron chi connectivity index (χ4n) is 1.95. The third kappa shape index (κ3) is 3.65. The molecular formula is C15H21N3O2. The highest BCUT2D eigenvalue weighted by Crippen LogP contribution is 2.18. The highest BCUT2D eigenvalue weighted by molar-refractivity contribution is 5.51. The zero-order valence-corrected chi connectivity index (χ0v) is 12.0. The molecule has 1 aromatic heterocycles. The van der Waals surface area contributed by atoms with Gasteiger partial charge in [-0.1, -0.05) is 25.1 Å². The lowest BCUT2D eigenvalue weighted by molar-refractivity contribution is 0.211. The van der Waals surface area contributed by atoms with Crippen LogP contribution in [0, 0.1) is 0 Å². The smallest absolute Gasteiger partial charge is 0.247 e. The molecule has 2 rings (SSSR count). The molecule has 0 saturated carbocycles. The first-order chi connectivity index (χ1) is 9.67. The van der Waals surface area contributed by atoms with Crippen molar-refractivity contribution in [2.75, 3.05) is 6.61 Å². The maximum absolute atomic E-state index is 9.09. The van der Waals surface area contributed by atoms with E-state index < -0.39 is 0 Å². The van der Waals surface area contributed by atoms with Gasteiger partial charge in [-0.05, 0) is 31.9 Å². The normalized spacial score (nSPS) is 14.2. The van der Waals surface area contributed by atoms with Crippen LogP contribution in [0.5, 0.6) is 0 Å². The first-order valence-electron chi connectivity index (χ1n) is 6.90. The van der Waals surface area contributed by atoms with Gasteiger partial charge in [0.2, 0.25) is 11.8 Å². The lowest BCUT2D eigenvalue weighted by atomic mass is 9.95. The van der Waals surface area contributed by atoms with Crippen molar-refractivity contribution in [3.63, 3.8) is 0 Å². The second-order valence-electron chi connectivity index (χ2n) is 5.11. The summed E-state index contributed by atoms with van der Waals surface area (Å²) in [7, 11) is 0. The molecule has 1 aromatic carbocycles. The number of rotatable bonds is 7. The minimum Gasteiger partial charge on any atom is -0.419 e. The fourth-order valence-corrected chi connectivity index (χ4v) is 1.95. The lowest BCUT2D eigenvalue weighted by Gasteiger charge is -2.28. The second kappa shape index (κ2) is 6.63. The van der Waals surface area contributed by atoms with Crippen LogP contribution in [0.1, 0.15) is 32.6 Å². The Balaban J connectivity index is 2.00. The molecule has 0 bridgehead atoms. The summed E-state index contributed by atoms with van der Waals surface area (Å²) in [6.07, 6.45) is 1.62. The predicted molar refractivity (Wildman–Crippen MR) is 77.0 cm³/mol. The van der Waals surface area contributed by atoms with Crippen molar-refractivity contribution in [1.82, 2.24) is 15.5 Å². The van der Waals surface area contributed by atoms with Crippen LogP contribution in [-0.4, -0.2) is 27.4 Å². The van der Waals surface area contributed by atoms with E-state index in [2.05, 4.69) is 29.4 Å². The van der Waals surface area contributed by atoms with Gasteiger partial charge in [0.25, 0.3) is 0 Å². The number of benzene rings is 1. The average molecular weight is 275 g/mol. The van der Waals surface area contributed by atoms with E-state index in [4.69, 9.17) is 9.52 Å². The molecule has 0 aliphatic carbocycles. The third-order valence-electron chi connectivity index (χ3n) is 3.60. The lowest BCUT2D eigenvalue weighted by Crippen LogP contribution is -2.42. The Labute approximate surface area is 119 Å². The van der Waals surface area contributed by atoms with E-state index in [0.29, 0.717) is 24.7 Å². The molecule has 1 heterocycles. The summed E-state index contributed by atoms with van der Waals surface area (Å²) < 4.78 is 5.64. The van der Waals surface area contributed by atoms with E-state index in [1.807, 2.05) is 30.3 Å². The van der Waals surface area contributed by atoms with Gasteiger partial charge in [0, 0.05) is 17.7 Å². The average Bonchev–Trinajstić information content (AvgIpc) is 2.95. The van der Waals surface area contributed by atoms with Crippen LogP contribution in [0.25, 0.3) is 11.5 Å². The molecule has 5 heteroatoms. The van der Waals surface area contributed by atoms with Crippen molar-refractivity contribution in [3.8, 4) is 11.5 Å². The summed E-state index contributed by atoms with van der Waals surface area (Å²) in [5.74, 6) is 1.09. The molecule has 2 aromatic rings. The SMILES string of the molecule is CCC(C)(CCO)NCc1nnc(-c2ccccc2)o1. The quantitative estimate of drug-likeness (QED) is 0.811. The number of hydrogen-bond acceptors (Lipinski definition) is 5. The summed E-state index contributed by atoms with van der Waals surface area (Å²) in [5.41, 5.74) is 0.802. The number of aliphatic hydroxyl groups is 1. The number of aromatic nitrogens is 2. The van der Waals surface area contributed by atoms with Gasteiger partial charge < -0.3 is 14.8 Å². The van der Waals surface area contributed by atoms with Crippen molar-refractivity contribution in [1.29, 1.82) is 0 Å². The molecule has 0 spiro atoms. The highest BCUT2D eigenvalue weighted by Gasteiger charge is 2.21. The Kier molecular flexibility index (Phi) is 4.87. The second-order valence-corrected chi connectivity index (χ2v) is 5.11. The van der Waals surface area contributed by atoms with E-state index in [1.54, 1.807) is 0 Å². The van der Waals surface area contributed by atoms with E-state index in [9.17, 15) is 0 Å². The number of nitrogens with one attached hydrogen (secondary N) is 1. The van der Waals surface area contributed by atoms with Crippen LogP contribution < -0.4 is 5.32 Å². The molecule has 0 fully saturated rings. The van der Waals surface area contributed by atoms with Gasteiger partial charge in [0.15, 0.2) is 0 Å². The highest BCUT2D eigenvalue weighted by atomic mass is 16.4. The summed E-state index contributed by atoms with van der Waals surface area (Å²) in [4.78, 5) is 0. The van der Waals surface area contributed by atoms with Gasteiger partial charge in [-0.3, -0.25) is 0 Å². The fraction of sp³-hybridized carbons (Fsp3) is 0.467. The molecule has 108 valence electrons. The molecule has 5 nitrogen and oxygen atoms in total. The monoisotopic (exact) mass is 275 g/mol. The molecule has 0 aliphatic rings. The van der Waals surface area contributed by atoms with Gasteiger partial charge in [0.1, 0.15) is 0 Å². The summed E-state index contributed by atoms with van der Waals surface area (Å²) in [5, 5.41) is 20.6. The Morgan fingerprint density at radius 3 is 2.65 bits per heavy atom. The zero-order valence-electron chi connectivity index (χ0n) is 12.0. The summed E-state index contributed by atoms with van der Waals surface area (Å²) >= 11 is 0. The van der Waals surface area contributed by atoms with Crippen molar-refractivity contribution in [2.24, 2.45) is 0 Å². The van der Waals surface area contributed by atoms with Crippen LogP contribution in [0.4, 0.5) is 0 Å². The molecule has 0 amide bonds. The topological polar surface area (TPSA) is 71.2 Å². The molecular weight excluding hydrogens is 254 g/mol. The summed E-state index contributed by atoms with van der Waals surface area (Å²) in [6.45, 7) is 4.84. The summed E-state index contributed by atoms with van der Waals surface area (Å²) in [6, 6.07) is 9.70. The Morgan fingerprint density at radius 1 is 1.25 bits per heavy atom. The molecule has 0 radical (unpaired) electrons. The van der Waals surface area contributed by atoms with Crippen molar-refractivity contribution < 1.29 is 9.52 Å². The van der Waals surface area contributed by atoms with Crippen LogP contribution in [-0.2, 0) is 6.54 Å². The van der Waals surface area contributed by atoms with Crippen molar-refractivity contribution in [2.45, 2.75) is 38.8 Å². The minimum absolute atomic E-state index is 0.115. The Hall–Kier alpha value is -1.72. The molecule has 0 aliphatic heterocycles. The van der Waals surface area contributed by atoms with Gasteiger partial charge in [0.05, 0.1) is 6.54 Å². The molecule has 20 heavy (non-hydrogen) atoms. The molecule has 1 atom stereocenters. The molecule has 1 unspecified atom stereocenters. The number of nitrogens with zero attached hydrogens (tertiary/aromatic N) is 2. The predicted octanol–water partition coefficient (Wildman–Crippen LogP) is 2.38. The first kappa shape index (κ1) is 14.7. The number of hydrogen-bond donors (Lipinski definition) is 2. The maximum Gasteiger partial charge on any atom is 0.247 e. The van der Waals surface area contributed by atoms with Crippen LogP contribution in [0.3, 0.4) is 0 Å². The van der Waals surface area contributed by atoms with E-state index in [0.717, 1.165) is 12.0 Å².